The van der Waals surface area contributed by atoms with Crippen molar-refractivity contribution in [2.75, 3.05) is 20.8 Å². The van der Waals surface area contributed by atoms with Gasteiger partial charge >= 0.3 is 6.61 Å². The number of carbonyl (C=O) groups is 1. The number of nitrogens with zero attached hydrogens (tertiary/aromatic N) is 1. The third kappa shape index (κ3) is 6.59. The number of amides is 1. The number of rotatable bonds is 11. The molecule has 0 bridgehead atoms. The largest absolute Gasteiger partial charge is 0.496 e. The Morgan fingerprint density at radius 1 is 1.13 bits per heavy atom. The van der Waals surface area contributed by atoms with E-state index in [0.717, 1.165) is 11.1 Å². The molecule has 1 amide bonds. The second kappa shape index (κ2) is 11.3. The fourth-order valence-electron chi connectivity index (χ4n) is 2.92. The van der Waals surface area contributed by atoms with Crippen molar-refractivity contribution in [2.24, 2.45) is 0 Å². The van der Waals surface area contributed by atoms with E-state index in [1.807, 2.05) is 36.2 Å². The molecule has 8 heteroatoms. The zero-order valence-corrected chi connectivity index (χ0v) is 17.7. The molecule has 2 aromatic carbocycles. The van der Waals surface area contributed by atoms with Gasteiger partial charge in [0, 0.05) is 18.7 Å². The van der Waals surface area contributed by atoms with Crippen LogP contribution in [0.15, 0.2) is 42.5 Å². The predicted octanol–water partition coefficient (Wildman–Crippen LogP) is 3.83. The molecule has 1 atom stereocenters. The molecule has 2 rings (SSSR count). The van der Waals surface area contributed by atoms with Gasteiger partial charge in [-0.1, -0.05) is 24.3 Å². The molecule has 30 heavy (non-hydrogen) atoms. The number of halogens is 2. The number of likely N-dealkylation sites (N-methyl/N-ethyl adjacent to an activating group) is 1. The molecule has 1 N–H and O–H groups in total. The number of benzene rings is 2. The highest BCUT2D eigenvalue weighted by Crippen LogP contribution is 2.30. The molecule has 1 unspecified atom stereocenters. The van der Waals surface area contributed by atoms with Crippen molar-refractivity contribution in [3.63, 3.8) is 0 Å². The second-order valence-electron chi connectivity index (χ2n) is 6.71. The van der Waals surface area contributed by atoms with Crippen LogP contribution in [0.1, 0.15) is 25.0 Å². The quantitative estimate of drug-likeness (QED) is 0.596. The minimum absolute atomic E-state index is 0.0131. The van der Waals surface area contributed by atoms with Crippen LogP contribution < -0.4 is 19.5 Å². The van der Waals surface area contributed by atoms with Crippen LogP contribution >= 0.6 is 0 Å². The molecule has 0 saturated heterocycles. The minimum Gasteiger partial charge on any atom is -0.496 e. The molecule has 0 heterocycles. The molecule has 164 valence electrons. The number of methoxy groups -OCH3 is 1. The summed E-state index contributed by atoms with van der Waals surface area (Å²) in [6, 6.07) is 11.9. The Morgan fingerprint density at radius 3 is 2.53 bits per heavy atom. The van der Waals surface area contributed by atoms with Crippen molar-refractivity contribution in [2.45, 2.75) is 39.6 Å². The van der Waals surface area contributed by atoms with Crippen molar-refractivity contribution in [3.8, 4) is 17.2 Å². The number of ether oxygens (including phenoxy) is 3. The van der Waals surface area contributed by atoms with Crippen LogP contribution in [0.4, 0.5) is 8.78 Å². The maximum absolute atomic E-state index is 12.6. The van der Waals surface area contributed by atoms with Gasteiger partial charge in [0.15, 0.2) is 11.5 Å². The molecule has 0 aromatic heterocycles. The maximum Gasteiger partial charge on any atom is 0.387 e. The summed E-state index contributed by atoms with van der Waals surface area (Å²) in [6.07, 6.45) is 0. The van der Waals surface area contributed by atoms with Gasteiger partial charge in [-0.05, 0) is 44.7 Å². The van der Waals surface area contributed by atoms with E-state index in [1.165, 1.54) is 6.07 Å². The summed E-state index contributed by atoms with van der Waals surface area (Å²) in [4.78, 5) is 14.4. The second-order valence-corrected chi connectivity index (χ2v) is 6.71. The summed E-state index contributed by atoms with van der Waals surface area (Å²) < 4.78 is 40.3. The molecule has 0 radical (unpaired) electrons. The predicted molar refractivity (Wildman–Crippen MR) is 110 cm³/mol. The van der Waals surface area contributed by atoms with Gasteiger partial charge in [-0.3, -0.25) is 9.69 Å². The number of para-hydroxylation sites is 1. The first-order valence-electron chi connectivity index (χ1n) is 9.66. The molecule has 2 aromatic rings. The number of hydrogen-bond acceptors (Lipinski definition) is 5. The van der Waals surface area contributed by atoms with E-state index in [0.29, 0.717) is 25.4 Å². The Morgan fingerprint density at radius 2 is 1.87 bits per heavy atom. The highest BCUT2D eigenvalue weighted by Gasteiger charge is 2.19. The van der Waals surface area contributed by atoms with Crippen molar-refractivity contribution in [3.05, 3.63) is 53.6 Å². The van der Waals surface area contributed by atoms with Gasteiger partial charge in [0.2, 0.25) is 5.91 Å². The first-order valence-corrected chi connectivity index (χ1v) is 9.66. The van der Waals surface area contributed by atoms with Gasteiger partial charge in [0.25, 0.3) is 0 Å². The van der Waals surface area contributed by atoms with Crippen LogP contribution in [0.5, 0.6) is 17.2 Å². The molecule has 0 aliphatic heterocycles. The summed E-state index contributed by atoms with van der Waals surface area (Å²) in [5.74, 6) is 0.817. The third-order valence-corrected chi connectivity index (χ3v) is 4.64. The van der Waals surface area contributed by atoms with Crippen LogP contribution in [0, 0.1) is 0 Å². The summed E-state index contributed by atoms with van der Waals surface area (Å²) in [6.45, 7) is 1.74. The van der Waals surface area contributed by atoms with Gasteiger partial charge in [-0.15, -0.1) is 0 Å². The Bertz CT molecular complexity index is 833. The molecule has 0 aliphatic rings. The average molecular weight is 422 g/mol. The number of hydrogen-bond donors (Lipinski definition) is 1. The zero-order chi connectivity index (χ0) is 22.1. The van der Waals surface area contributed by atoms with Gasteiger partial charge in [-0.2, -0.15) is 8.78 Å². The lowest BCUT2D eigenvalue weighted by Gasteiger charge is -2.24. The first-order chi connectivity index (χ1) is 14.3. The summed E-state index contributed by atoms with van der Waals surface area (Å²) >= 11 is 0. The summed E-state index contributed by atoms with van der Waals surface area (Å²) in [5.41, 5.74) is 1.70. The monoisotopic (exact) mass is 422 g/mol. The van der Waals surface area contributed by atoms with Crippen molar-refractivity contribution in [1.82, 2.24) is 10.2 Å². The molecule has 0 saturated carbocycles. The molecule has 0 fully saturated rings. The SMILES string of the molecule is CCOc1cc(CN(C)C(C)C(=O)NCc2ccccc2OC)ccc1OC(F)F. The zero-order valence-electron chi connectivity index (χ0n) is 17.7. The number of alkyl halides is 2. The third-order valence-electron chi connectivity index (χ3n) is 4.64. The summed E-state index contributed by atoms with van der Waals surface area (Å²) in [7, 11) is 3.41. The minimum atomic E-state index is -2.93. The molecular weight excluding hydrogens is 394 g/mol. The Kier molecular flexibility index (Phi) is 8.86. The molecular formula is C22H28F2N2O4. The van der Waals surface area contributed by atoms with Gasteiger partial charge < -0.3 is 19.5 Å². The maximum atomic E-state index is 12.6. The standard InChI is InChI=1S/C22H28F2N2O4/c1-5-29-20-12-16(10-11-19(20)30-22(23)24)14-26(3)15(2)21(27)25-13-17-8-6-7-9-18(17)28-4/h6-12,15,22H,5,13-14H2,1-4H3,(H,25,27). The number of carbonyl (C=O) groups excluding carboxylic acids is 1. The van der Waals surface area contributed by atoms with Crippen LogP contribution in [-0.4, -0.2) is 44.2 Å². The Hall–Kier alpha value is -2.87. The van der Waals surface area contributed by atoms with Gasteiger partial charge in [0.05, 0.1) is 19.8 Å². The van der Waals surface area contributed by atoms with Gasteiger partial charge in [-0.25, -0.2) is 0 Å². The highest BCUT2D eigenvalue weighted by atomic mass is 19.3. The Labute approximate surface area is 175 Å². The van der Waals surface area contributed by atoms with E-state index in [1.54, 1.807) is 33.1 Å². The highest BCUT2D eigenvalue weighted by molar-refractivity contribution is 5.81. The van der Waals surface area contributed by atoms with E-state index in [-0.39, 0.29) is 17.4 Å². The summed E-state index contributed by atoms with van der Waals surface area (Å²) in [5, 5.41) is 2.91. The number of nitrogens with one attached hydrogen (secondary N) is 1. The van der Waals surface area contributed by atoms with E-state index in [4.69, 9.17) is 9.47 Å². The van der Waals surface area contributed by atoms with Crippen LogP contribution in [-0.2, 0) is 17.9 Å². The fraction of sp³-hybridized carbons (Fsp3) is 0.409. The molecule has 0 spiro atoms. The molecule has 0 aliphatic carbocycles. The van der Waals surface area contributed by atoms with Crippen molar-refractivity contribution >= 4 is 5.91 Å². The smallest absolute Gasteiger partial charge is 0.387 e. The van der Waals surface area contributed by atoms with Crippen LogP contribution in [0.25, 0.3) is 0 Å². The van der Waals surface area contributed by atoms with E-state index < -0.39 is 12.7 Å². The normalized spacial score (nSPS) is 12.0. The fourth-order valence-corrected chi connectivity index (χ4v) is 2.92. The topological polar surface area (TPSA) is 60.0 Å². The average Bonchev–Trinajstić information content (AvgIpc) is 2.73. The van der Waals surface area contributed by atoms with Crippen molar-refractivity contribution < 1.29 is 27.8 Å². The van der Waals surface area contributed by atoms with Crippen LogP contribution in [0.2, 0.25) is 0 Å². The van der Waals surface area contributed by atoms with Gasteiger partial charge in [0.1, 0.15) is 5.75 Å². The first kappa shape index (κ1) is 23.4. The Balaban J connectivity index is 1.99. The lowest BCUT2D eigenvalue weighted by atomic mass is 10.1. The van der Waals surface area contributed by atoms with E-state index >= 15 is 0 Å². The van der Waals surface area contributed by atoms with Crippen molar-refractivity contribution in [1.29, 1.82) is 0 Å². The van der Waals surface area contributed by atoms with E-state index in [2.05, 4.69) is 10.1 Å². The van der Waals surface area contributed by atoms with Crippen LogP contribution in [0.3, 0.4) is 0 Å². The molecule has 6 nitrogen and oxygen atoms in total. The lowest BCUT2D eigenvalue weighted by Crippen LogP contribution is -2.42. The van der Waals surface area contributed by atoms with E-state index in [9.17, 15) is 13.6 Å². The lowest BCUT2D eigenvalue weighted by molar-refractivity contribution is -0.125.